The summed E-state index contributed by atoms with van der Waals surface area (Å²) in [5.41, 5.74) is 0. The van der Waals surface area contributed by atoms with Crippen molar-refractivity contribution in [2.75, 3.05) is 0 Å². The van der Waals surface area contributed by atoms with E-state index in [1.807, 2.05) is 0 Å². The van der Waals surface area contributed by atoms with Gasteiger partial charge in [-0.05, 0) is 0 Å². The van der Waals surface area contributed by atoms with Crippen LogP contribution in [0.3, 0.4) is 0 Å². The summed E-state index contributed by atoms with van der Waals surface area (Å²) in [4.78, 5) is 3.30. The quantitative estimate of drug-likeness (QED) is 0.561. The molecule has 8 heavy (non-hydrogen) atoms. The van der Waals surface area contributed by atoms with Gasteiger partial charge in [-0.15, -0.1) is 0 Å². The first-order valence-corrected chi connectivity index (χ1v) is 1.97. The van der Waals surface area contributed by atoms with Crippen molar-refractivity contribution in [2.24, 2.45) is 0 Å². The second-order valence-electron chi connectivity index (χ2n) is 1.20. The minimum Gasteiger partial charge on any atom is -0.442 e. The first-order chi connectivity index (χ1) is 3.80. The van der Waals surface area contributed by atoms with E-state index < -0.39 is 6.43 Å². The molecule has 0 radical (unpaired) electrons. The lowest BCUT2D eigenvalue weighted by Crippen LogP contribution is -1.75. The number of halogens is 2. The van der Waals surface area contributed by atoms with Gasteiger partial charge < -0.3 is 4.42 Å². The predicted octanol–water partition coefficient (Wildman–Crippen LogP) is 1.61. The van der Waals surface area contributed by atoms with E-state index in [1.165, 1.54) is 0 Å². The summed E-state index contributed by atoms with van der Waals surface area (Å²) < 4.78 is 27.2. The molecule has 1 heterocycles. The topological polar surface area (TPSA) is 26.0 Å². The number of alkyl halides is 2. The van der Waals surface area contributed by atoms with Gasteiger partial charge in [-0.3, -0.25) is 0 Å². The van der Waals surface area contributed by atoms with Crippen molar-refractivity contribution in [3.05, 3.63) is 18.4 Å². The van der Waals surface area contributed by atoms with E-state index in [1.54, 1.807) is 0 Å². The van der Waals surface area contributed by atoms with Gasteiger partial charge in [0.15, 0.2) is 12.2 Å². The minimum absolute atomic E-state index is 0.384. The lowest BCUT2D eigenvalue weighted by atomic mass is 10.5. The highest BCUT2D eigenvalue weighted by Crippen LogP contribution is 2.16. The Morgan fingerprint density at radius 3 is 2.62 bits per heavy atom. The number of aromatic nitrogens is 1. The van der Waals surface area contributed by atoms with Crippen LogP contribution in [-0.4, -0.2) is 4.98 Å². The summed E-state index contributed by atoms with van der Waals surface area (Å²) in [5, 5.41) is 0. The molecule has 0 aromatic carbocycles. The molecular formula is C4H3F2NO. The predicted molar refractivity (Wildman–Crippen MR) is 21.5 cm³/mol. The highest BCUT2D eigenvalue weighted by Gasteiger charge is 2.08. The largest absolute Gasteiger partial charge is 0.442 e. The Morgan fingerprint density at radius 1 is 1.62 bits per heavy atom. The molecule has 0 aliphatic rings. The third-order valence-corrected chi connectivity index (χ3v) is 0.666. The Kier molecular flexibility index (Phi) is 1.24. The second-order valence-corrected chi connectivity index (χ2v) is 1.20. The van der Waals surface area contributed by atoms with Crippen LogP contribution in [0.1, 0.15) is 12.2 Å². The molecule has 0 fully saturated rings. The van der Waals surface area contributed by atoms with Crippen LogP contribution in [0.5, 0.6) is 0 Å². The van der Waals surface area contributed by atoms with Crippen LogP contribution in [0.2, 0.25) is 0 Å². The molecular weight excluding hydrogens is 116 g/mol. The molecule has 0 N–H and O–H groups in total. The molecule has 2 nitrogen and oxygen atoms in total. The van der Waals surface area contributed by atoms with Crippen LogP contribution in [0.25, 0.3) is 0 Å². The van der Waals surface area contributed by atoms with E-state index in [9.17, 15) is 8.78 Å². The van der Waals surface area contributed by atoms with Gasteiger partial charge in [-0.1, -0.05) is 0 Å². The molecule has 44 valence electrons. The maximum Gasteiger partial charge on any atom is 0.297 e. The van der Waals surface area contributed by atoms with Crippen LogP contribution >= 0.6 is 0 Å². The summed E-state index contributed by atoms with van der Waals surface area (Å²) in [5.74, 6) is -0.384. The van der Waals surface area contributed by atoms with E-state index >= 15 is 0 Å². The van der Waals surface area contributed by atoms with E-state index in [2.05, 4.69) is 9.40 Å². The Bertz CT molecular complexity index is 149. The molecule has 1 aromatic heterocycles. The van der Waals surface area contributed by atoms with Gasteiger partial charge in [0.1, 0.15) is 0 Å². The average Bonchev–Trinajstić information content (AvgIpc) is 2.12. The molecule has 0 amide bonds. The van der Waals surface area contributed by atoms with Crippen molar-refractivity contribution in [1.29, 1.82) is 0 Å². The number of rotatable bonds is 1. The molecule has 0 aliphatic carbocycles. The molecule has 4 heteroatoms. The van der Waals surface area contributed by atoms with Crippen molar-refractivity contribution in [2.45, 2.75) is 6.43 Å². The second kappa shape index (κ2) is 1.90. The molecule has 0 saturated heterocycles. The SMILES string of the molecule is FC(F)c1cnco1. The summed E-state index contributed by atoms with van der Waals surface area (Å²) in [6, 6.07) is 0. The first kappa shape index (κ1) is 5.21. The van der Waals surface area contributed by atoms with Crippen molar-refractivity contribution in [1.82, 2.24) is 4.98 Å². The molecule has 0 unspecified atom stereocenters. The highest BCUT2D eigenvalue weighted by atomic mass is 19.3. The van der Waals surface area contributed by atoms with E-state index in [0.717, 1.165) is 12.6 Å². The standard InChI is InChI=1S/C4H3F2NO/c5-4(6)3-1-7-2-8-3/h1-2,4H. The van der Waals surface area contributed by atoms with Crippen LogP contribution in [-0.2, 0) is 0 Å². The average molecular weight is 119 g/mol. The molecule has 0 bridgehead atoms. The molecule has 0 spiro atoms. The first-order valence-electron chi connectivity index (χ1n) is 1.97. The van der Waals surface area contributed by atoms with Gasteiger partial charge in [0.25, 0.3) is 6.43 Å². The van der Waals surface area contributed by atoms with Crippen molar-refractivity contribution in [3.63, 3.8) is 0 Å². The number of hydrogen-bond acceptors (Lipinski definition) is 2. The van der Waals surface area contributed by atoms with Crippen LogP contribution < -0.4 is 0 Å². The minimum atomic E-state index is -2.54. The van der Waals surface area contributed by atoms with Crippen molar-refractivity contribution < 1.29 is 13.2 Å². The van der Waals surface area contributed by atoms with Gasteiger partial charge in [0.2, 0.25) is 0 Å². The third kappa shape index (κ3) is 0.828. The van der Waals surface area contributed by atoms with Crippen molar-refractivity contribution >= 4 is 0 Å². The molecule has 1 rings (SSSR count). The third-order valence-electron chi connectivity index (χ3n) is 0.666. The summed E-state index contributed by atoms with van der Waals surface area (Å²) >= 11 is 0. The Balaban J connectivity index is 2.77. The zero-order chi connectivity index (χ0) is 5.98. The lowest BCUT2D eigenvalue weighted by Gasteiger charge is -1.85. The van der Waals surface area contributed by atoms with Crippen LogP contribution in [0.4, 0.5) is 8.78 Å². The van der Waals surface area contributed by atoms with Crippen LogP contribution in [0.15, 0.2) is 17.0 Å². The Morgan fingerprint density at radius 2 is 2.38 bits per heavy atom. The zero-order valence-electron chi connectivity index (χ0n) is 3.84. The number of hydrogen-bond donors (Lipinski definition) is 0. The van der Waals surface area contributed by atoms with E-state index in [0.29, 0.717) is 0 Å². The monoisotopic (exact) mass is 119 g/mol. The van der Waals surface area contributed by atoms with E-state index in [4.69, 9.17) is 0 Å². The zero-order valence-corrected chi connectivity index (χ0v) is 3.84. The van der Waals surface area contributed by atoms with Gasteiger partial charge in [-0.2, -0.15) is 0 Å². The van der Waals surface area contributed by atoms with Crippen LogP contribution in [0, 0.1) is 0 Å². The Hall–Kier alpha value is -0.930. The maximum atomic E-state index is 11.5. The maximum absolute atomic E-state index is 11.5. The molecule has 0 saturated carbocycles. The summed E-state index contributed by atoms with van der Waals surface area (Å²) in [6.07, 6.45) is -0.580. The normalized spacial score (nSPS) is 10.4. The number of oxazole rings is 1. The molecule has 0 aliphatic heterocycles. The van der Waals surface area contributed by atoms with E-state index in [-0.39, 0.29) is 5.76 Å². The fourth-order valence-electron chi connectivity index (χ4n) is 0.333. The smallest absolute Gasteiger partial charge is 0.297 e. The molecule has 0 atom stereocenters. The van der Waals surface area contributed by atoms with Gasteiger partial charge >= 0.3 is 0 Å². The summed E-state index contributed by atoms with van der Waals surface area (Å²) in [6.45, 7) is 0. The van der Waals surface area contributed by atoms with Gasteiger partial charge in [-0.25, -0.2) is 13.8 Å². The number of nitrogens with zero attached hydrogens (tertiary/aromatic N) is 1. The highest BCUT2D eigenvalue weighted by molar-refractivity contribution is 4.88. The Labute approximate surface area is 44.1 Å². The lowest BCUT2D eigenvalue weighted by molar-refractivity contribution is 0.122. The fraction of sp³-hybridized carbons (Fsp3) is 0.250. The molecule has 1 aromatic rings. The fourth-order valence-corrected chi connectivity index (χ4v) is 0.333. The summed E-state index contributed by atoms with van der Waals surface area (Å²) in [7, 11) is 0. The van der Waals surface area contributed by atoms with Gasteiger partial charge in [0.05, 0.1) is 6.20 Å². The van der Waals surface area contributed by atoms with Crippen molar-refractivity contribution in [3.8, 4) is 0 Å². The van der Waals surface area contributed by atoms with Gasteiger partial charge in [0, 0.05) is 0 Å².